The minimum Gasteiger partial charge on any atom is -0.493 e. The number of fused-ring (bicyclic) bond motifs is 1. The third-order valence-electron chi connectivity index (χ3n) is 3.41. The normalized spacial score (nSPS) is 11.9. The molecule has 1 heterocycles. The van der Waals surface area contributed by atoms with E-state index in [1.165, 1.54) is 25.3 Å². The highest BCUT2D eigenvalue weighted by Crippen LogP contribution is 2.33. The van der Waals surface area contributed by atoms with Gasteiger partial charge in [0.1, 0.15) is 0 Å². The lowest BCUT2D eigenvalue weighted by Crippen LogP contribution is -2.12. The van der Waals surface area contributed by atoms with Crippen molar-refractivity contribution in [2.24, 2.45) is 0 Å². The Morgan fingerprint density at radius 2 is 1.96 bits per heavy atom. The Morgan fingerprint density at radius 3 is 2.71 bits per heavy atom. The van der Waals surface area contributed by atoms with Gasteiger partial charge in [-0.2, -0.15) is 0 Å². The van der Waals surface area contributed by atoms with Crippen LogP contribution in [0.5, 0.6) is 23.0 Å². The molecule has 0 aromatic heterocycles. The van der Waals surface area contributed by atoms with Crippen LogP contribution in [-0.2, 0) is 0 Å². The van der Waals surface area contributed by atoms with E-state index < -0.39 is 4.92 Å². The summed E-state index contributed by atoms with van der Waals surface area (Å²) < 4.78 is 20.9. The van der Waals surface area contributed by atoms with Crippen LogP contribution >= 0.6 is 0 Å². The van der Waals surface area contributed by atoms with Gasteiger partial charge in [0, 0.05) is 11.6 Å². The van der Waals surface area contributed by atoms with Gasteiger partial charge in [0.2, 0.25) is 6.79 Å². The summed E-state index contributed by atoms with van der Waals surface area (Å²) >= 11 is 0. The minimum absolute atomic E-state index is 0.119. The minimum atomic E-state index is -0.550. The SMILES string of the molecule is COc1ccc([N+](=O)[O-])cc1OCC(=O)c1ccc2c(c1)OCO2. The highest BCUT2D eigenvalue weighted by molar-refractivity contribution is 5.97. The largest absolute Gasteiger partial charge is 0.493 e. The maximum Gasteiger partial charge on any atom is 0.273 e. The Balaban J connectivity index is 1.74. The smallest absolute Gasteiger partial charge is 0.273 e. The van der Waals surface area contributed by atoms with Crippen molar-refractivity contribution < 1.29 is 28.7 Å². The van der Waals surface area contributed by atoms with Gasteiger partial charge in [0.15, 0.2) is 35.4 Å². The number of nitro groups is 1. The predicted octanol–water partition coefficient (Wildman–Crippen LogP) is 2.59. The molecule has 0 atom stereocenters. The lowest BCUT2D eigenvalue weighted by Gasteiger charge is -2.10. The molecule has 0 saturated carbocycles. The van der Waals surface area contributed by atoms with Crippen molar-refractivity contribution in [3.8, 4) is 23.0 Å². The van der Waals surface area contributed by atoms with E-state index in [2.05, 4.69) is 0 Å². The van der Waals surface area contributed by atoms with Crippen LogP contribution in [-0.4, -0.2) is 31.2 Å². The van der Waals surface area contributed by atoms with Crippen LogP contribution in [0, 0.1) is 10.1 Å². The number of carbonyl (C=O) groups excluding carboxylic acids is 1. The maximum absolute atomic E-state index is 12.2. The molecule has 0 unspecified atom stereocenters. The molecular formula is C16H13NO7. The van der Waals surface area contributed by atoms with Crippen molar-refractivity contribution >= 4 is 11.5 Å². The van der Waals surface area contributed by atoms with Crippen molar-refractivity contribution in [2.45, 2.75) is 0 Å². The number of carbonyl (C=O) groups is 1. The van der Waals surface area contributed by atoms with Crippen molar-refractivity contribution in [1.82, 2.24) is 0 Å². The second-order valence-electron chi connectivity index (χ2n) is 4.87. The van der Waals surface area contributed by atoms with Crippen LogP contribution in [0.2, 0.25) is 0 Å². The van der Waals surface area contributed by atoms with Gasteiger partial charge in [-0.25, -0.2) is 0 Å². The van der Waals surface area contributed by atoms with E-state index in [4.69, 9.17) is 18.9 Å². The summed E-state index contributed by atoms with van der Waals surface area (Å²) in [6, 6.07) is 8.74. The van der Waals surface area contributed by atoms with E-state index in [1.807, 2.05) is 0 Å². The fourth-order valence-corrected chi connectivity index (χ4v) is 2.19. The fraction of sp³-hybridized carbons (Fsp3) is 0.188. The number of ketones is 1. The number of Topliss-reactive ketones (excluding diaryl/α,β-unsaturated/α-hetero) is 1. The summed E-state index contributed by atoms with van der Waals surface area (Å²) in [7, 11) is 1.41. The zero-order valence-corrected chi connectivity index (χ0v) is 12.7. The molecule has 0 bridgehead atoms. The first-order valence-electron chi connectivity index (χ1n) is 6.96. The van der Waals surface area contributed by atoms with Crippen molar-refractivity contribution in [3.63, 3.8) is 0 Å². The van der Waals surface area contributed by atoms with Gasteiger partial charge < -0.3 is 18.9 Å². The molecule has 3 rings (SSSR count). The molecule has 8 nitrogen and oxygen atoms in total. The van der Waals surface area contributed by atoms with E-state index in [9.17, 15) is 14.9 Å². The number of benzene rings is 2. The van der Waals surface area contributed by atoms with Crippen LogP contribution in [0.4, 0.5) is 5.69 Å². The summed E-state index contributed by atoms with van der Waals surface area (Å²) in [6.07, 6.45) is 0. The van der Waals surface area contributed by atoms with Crippen LogP contribution in [0.25, 0.3) is 0 Å². The molecule has 2 aromatic rings. The number of non-ortho nitro benzene ring substituents is 1. The van der Waals surface area contributed by atoms with Crippen LogP contribution in [0.3, 0.4) is 0 Å². The van der Waals surface area contributed by atoms with Crippen LogP contribution < -0.4 is 18.9 Å². The Morgan fingerprint density at radius 1 is 1.17 bits per heavy atom. The highest BCUT2D eigenvalue weighted by atomic mass is 16.7. The molecule has 0 N–H and O–H groups in total. The molecule has 0 fully saturated rings. The van der Waals surface area contributed by atoms with Gasteiger partial charge in [-0.15, -0.1) is 0 Å². The third kappa shape index (κ3) is 3.07. The van der Waals surface area contributed by atoms with Crippen LogP contribution in [0.15, 0.2) is 36.4 Å². The first-order chi connectivity index (χ1) is 11.6. The zero-order chi connectivity index (χ0) is 17.1. The van der Waals surface area contributed by atoms with E-state index in [-0.39, 0.29) is 30.6 Å². The van der Waals surface area contributed by atoms with Gasteiger partial charge in [-0.3, -0.25) is 14.9 Å². The molecule has 1 aliphatic heterocycles. The molecule has 8 heteroatoms. The first-order valence-corrected chi connectivity index (χ1v) is 6.96. The van der Waals surface area contributed by atoms with E-state index >= 15 is 0 Å². The molecule has 0 spiro atoms. The maximum atomic E-state index is 12.2. The number of methoxy groups -OCH3 is 1. The number of hydrogen-bond donors (Lipinski definition) is 0. The Labute approximate surface area is 136 Å². The number of rotatable bonds is 6. The summed E-state index contributed by atoms with van der Waals surface area (Å²) in [5.41, 5.74) is 0.241. The highest BCUT2D eigenvalue weighted by Gasteiger charge is 2.18. The molecule has 24 heavy (non-hydrogen) atoms. The lowest BCUT2D eigenvalue weighted by atomic mass is 10.1. The van der Waals surface area contributed by atoms with E-state index in [0.29, 0.717) is 22.8 Å². The molecular weight excluding hydrogens is 318 g/mol. The van der Waals surface area contributed by atoms with Crippen molar-refractivity contribution in [2.75, 3.05) is 20.5 Å². The molecule has 0 radical (unpaired) electrons. The lowest BCUT2D eigenvalue weighted by molar-refractivity contribution is -0.385. The monoisotopic (exact) mass is 331 g/mol. The van der Waals surface area contributed by atoms with E-state index in [1.54, 1.807) is 18.2 Å². The average molecular weight is 331 g/mol. The second kappa shape index (κ2) is 6.45. The molecule has 0 aliphatic carbocycles. The van der Waals surface area contributed by atoms with Gasteiger partial charge in [-0.1, -0.05) is 0 Å². The van der Waals surface area contributed by atoms with E-state index in [0.717, 1.165) is 0 Å². The summed E-state index contributed by atoms with van der Waals surface area (Å²) in [5.74, 6) is 1.20. The molecule has 0 amide bonds. The molecule has 124 valence electrons. The van der Waals surface area contributed by atoms with Crippen LogP contribution in [0.1, 0.15) is 10.4 Å². The number of ether oxygens (including phenoxy) is 4. The topological polar surface area (TPSA) is 97.1 Å². The summed E-state index contributed by atoms with van der Waals surface area (Å²) in [5, 5.41) is 10.8. The standard InChI is InChI=1S/C16H13NO7/c1-21-13-5-3-11(17(19)20)7-16(13)22-8-12(18)10-2-4-14-15(6-10)24-9-23-14/h2-7H,8-9H2,1H3. The Hall–Kier alpha value is -3.29. The number of hydrogen-bond acceptors (Lipinski definition) is 7. The average Bonchev–Trinajstić information content (AvgIpc) is 3.06. The predicted molar refractivity (Wildman–Crippen MR) is 82.0 cm³/mol. The number of nitro benzene ring substituents is 1. The molecule has 0 saturated heterocycles. The second-order valence-corrected chi connectivity index (χ2v) is 4.87. The Kier molecular flexibility index (Phi) is 4.19. The number of nitrogens with zero attached hydrogens (tertiary/aromatic N) is 1. The fourth-order valence-electron chi connectivity index (χ4n) is 2.19. The van der Waals surface area contributed by atoms with Gasteiger partial charge in [-0.05, 0) is 24.3 Å². The zero-order valence-electron chi connectivity index (χ0n) is 12.7. The van der Waals surface area contributed by atoms with Crippen molar-refractivity contribution in [3.05, 3.63) is 52.1 Å². The molecule has 1 aliphatic rings. The summed E-state index contributed by atoms with van der Waals surface area (Å²) in [4.78, 5) is 22.5. The van der Waals surface area contributed by atoms with Gasteiger partial charge >= 0.3 is 0 Å². The van der Waals surface area contributed by atoms with Crippen molar-refractivity contribution in [1.29, 1.82) is 0 Å². The first kappa shape index (κ1) is 15.6. The van der Waals surface area contributed by atoms with Gasteiger partial charge in [0.25, 0.3) is 5.69 Å². The summed E-state index contributed by atoms with van der Waals surface area (Å²) in [6.45, 7) is -0.175. The molecule has 2 aromatic carbocycles. The van der Waals surface area contributed by atoms with Gasteiger partial charge in [0.05, 0.1) is 18.1 Å². The Bertz CT molecular complexity index is 803. The third-order valence-corrected chi connectivity index (χ3v) is 3.41. The quantitative estimate of drug-likeness (QED) is 0.456.